The number of phenolic OH excluding ortho intramolecular Hbond substituents is 1. The highest BCUT2D eigenvalue weighted by Gasteiger charge is 2.38. The van der Waals surface area contributed by atoms with E-state index in [-0.39, 0.29) is 18.3 Å². The van der Waals surface area contributed by atoms with Crippen molar-refractivity contribution in [3.63, 3.8) is 0 Å². The Morgan fingerprint density at radius 1 is 1.27 bits per heavy atom. The number of hydrogen-bond donors (Lipinski definition) is 3. The first kappa shape index (κ1) is 23.9. The lowest BCUT2D eigenvalue weighted by Gasteiger charge is -2.38. The van der Waals surface area contributed by atoms with Crippen molar-refractivity contribution in [2.45, 2.75) is 76.7 Å². The third-order valence-electron chi connectivity index (χ3n) is 4.88. The Labute approximate surface area is 176 Å². The average molecular weight is 422 g/mol. The molecule has 0 spiro atoms. The van der Waals surface area contributed by atoms with Crippen molar-refractivity contribution in [3.05, 3.63) is 42.0 Å². The molecule has 0 bridgehead atoms. The van der Waals surface area contributed by atoms with Crippen LogP contribution >= 0.6 is 0 Å². The minimum Gasteiger partial charge on any atom is -0.508 e. The molecule has 2 rings (SSSR count). The SMILES string of the molecule is CC1O[C@@H](O[C@H](C)CCCC/C=C/C(=O)O)C(O)C[C@H]1OC(=O)c1ccc(O)cc1. The fourth-order valence-corrected chi connectivity index (χ4v) is 3.18. The van der Waals surface area contributed by atoms with Crippen LogP contribution in [0.15, 0.2) is 36.4 Å². The van der Waals surface area contributed by atoms with E-state index in [2.05, 4.69) is 0 Å². The molecule has 2 unspecified atom stereocenters. The molecule has 1 aromatic rings. The molecule has 166 valence electrons. The summed E-state index contributed by atoms with van der Waals surface area (Å²) in [6.07, 6.45) is 3.16. The lowest BCUT2D eigenvalue weighted by atomic mass is 10.0. The van der Waals surface area contributed by atoms with Gasteiger partial charge in [0, 0.05) is 12.5 Å². The maximum Gasteiger partial charge on any atom is 0.338 e. The summed E-state index contributed by atoms with van der Waals surface area (Å²) >= 11 is 0. The zero-order valence-electron chi connectivity index (χ0n) is 17.3. The smallest absolute Gasteiger partial charge is 0.338 e. The molecule has 0 radical (unpaired) electrons. The quantitative estimate of drug-likeness (QED) is 0.299. The zero-order chi connectivity index (χ0) is 22.1. The molecule has 30 heavy (non-hydrogen) atoms. The Kier molecular flexibility index (Phi) is 9.29. The Morgan fingerprint density at radius 2 is 1.97 bits per heavy atom. The molecule has 1 aromatic carbocycles. The van der Waals surface area contributed by atoms with Gasteiger partial charge in [-0.3, -0.25) is 0 Å². The topological polar surface area (TPSA) is 123 Å². The van der Waals surface area contributed by atoms with Gasteiger partial charge in [0.25, 0.3) is 0 Å². The number of aliphatic hydroxyl groups is 1. The highest BCUT2D eigenvalue weighted by Crippen LogP contribution is 2.26. The first-order valence-electron chi connectivity index (χ1n) is 10.1. The molecular formula is C22H30O8. The van der Waals surface area contributed by atoms with Crippen LogP contribution in [0.25, 0.3) is 0 Å². The molecule has 1 aliphatic heterocycles. The van der Waals surface area contributed by atoms with Crippen molar-refractivity contribution in [3.8, 4) is 5.75 Å². The molecule has 8 nitrogen and oxygen atoms in total. The molecule has 0 saturated carbocycles. The number of hydrogen-bond acceptors (Lipinski definition) is 7. The van der Waals surface area contributed by atoms with E-state index in [0.717, 1.165) is 25.3 Å². The Hall–Kier alpha value is -2.42. The second kappa shape index (κ2) is 11.7. The predicted octanol–water partition coefficient (Wildman–Crippen LogP) is 3.02. The number of unbranched alkanes of at least 4 members (excludes halogenated alkanes) is 2. The molecule has 1 fully saturated rings. The molecule has 8 heteroatoms. The minimum absolute atomic E-state index is 0.0576. The summed E-state index contributed by atoms with van der Waals surface area (Å²) < 4.78 is 17.0. The van der Waals surface area contributed by atoms with Crippen LogP contribution in [0.3, 0.4) is 0 Å². The van der Waals surface area contributed by atoms with Gasteiger partial charge >= 0.3 is 11.9 Å². The standard InChI is InChI=1S/C22H30O8/c1-14(7-5-3-4-6-8-20(25)26)28-22-18(24)13-19(15(2)29-22)30-21(27)16-9-11-17(23)12-10-16/h6,8-12,14-15,18-19,22-24H,3-5,7,13H2,1-2H3,(H,25,26)/b8-6+/t14-,15?,18?,19-,22-/m1/s1. The summed E-state index contributed by atoms with van der Waals surface area (Å²) in [6, 6.07) is 5.74. The van der Waals surface area contributed by atoms with Crippen LogP contribution < -0.4 is 0 Å². The van der Waals surface area contributed by atoms with Crippen LogP contribution in [0, 0.1) is 0 Å². The van der Waals surface area contributed by atoms with Crippen LogP contribution in [0.2, 0.25) is 0 Å². The number of phenols is 1. The Morgan fingerprint density at radius 3 is 2.63 bits per heavy atom. The van der Waals surface area contributed by atoms with Crippen LogP contribution in [-0.4, -0.2) is 58.0 Å². The predicted molar refractivity (Wildman–Crippen MR) is 108 cm³/mol. The molecule has 0 aromatic heterocycles. The number of carboxylic acids is 1. The van der Waals surface area contributed by atoms with Gasteiger partial charge in [-0.2, -0.15) is 0 Å². The second-order valence-electron chi connectivity index (χ2n) is 7.48. The second-order valence-corrected chi connectivity index (χ2v) is 7.48. The van der Waals surface area contributed by atoms with Gasteiger partial charge in [-0.1, -0.05) is 12.5 Å². The van der Waals surface area contributed by atoms with Gasteiger partial charge in [-0.05, 0) is 57.4 Å². The molecule has 0 amide bonds. The number of aromatic hydroxyl groups is 1. The first-order chi connectivity index (χ1) is 14.3. The summed E-state index contributed by atoms with van der Waals surface area (Å²) in [5, 5.41) is 28.2. The van der Waals surface area contributed by atoms with Gasteiger partial charge in [0.05, 0.1) is 17.8 Å². The van der Waals surface area contributed by atoms with E-state index < -0.39 is 36.5 Å². The highest BCUT2D eigenvalue weighted by atomic mass is 16.7. The number of carbonyl (C=O) groups is 2. The van der Waals surface area contributed by atoms with E-state index >= 15 is 0 Å². The molecule has 5 atom stereocenters. The fourth-order valence-electron chi connectivity index (χ4n) is 3.18. The van der Waals surface area contributed by atoms with E-state index in [0.29, 0.717) is 12.0 Å². The summed E-state index contributed by atoms with van der Waals surface area (Å²) in [5.41, 5.74) is 0.305. The van der Waals surface area contributed by atoms with Gasteiger partial charge < -0.3 is 29.5 Å². The number of aliphatic hydroxyl groups excluding tert-OH is 1. The molecule has 1 heterocycles. The maximum atomic E-state index is 12.3. The zero-order valence-corrected chi connectivity index (χ0v) is 17.3. The Bertz CT molecular complexity index is 714. The number of rotatable bonds is 10. The van der Waals surface area contributed by atoms with Gasteiger partial charge in [0.1, 0.15) is 18.0 Å². The number of ether oxygens (including phenoxy) is 3. The van der Waals surface area contributed by atoms with E-state index in [9.17, 15) is 19.8 Å². The third kappa shape index (κ3) is 7.78. The fraction of sp³-hybridized carbons (Fsp3) is 0.545. The number of allylic oxidation sites excluding steroid dienone is 1. The van der Waals surface area contributed by atoms with Gasteiger partial charge in [-0.15, -0.1) is 0 Å². The minimum atomic E-state index is -0.948. The van der Waals surface area contributed by atoms with Crippen LogP contribution in [-0.2, 0) is 19.0 Å². The van der Waals surface area contributed by atoms with Crippen molar-refractivity contribution in [2.75, 3.05) is 0 Å². The largest absolute Gasteiger partial charge is 0.508 e. The molecule has 1 saturated heterocycles. The molecule has 1 aliphatic rings. The summed E-state index contributed by atoms with van der Waals surface area (Å²) in [5.74, 6) is -1.44. The molecular weight excluding hydrogens is 392 g/mol. The lowest BCUT2D eigenvalue weighted by Crippen LogP contribution is -2.49. The van der Waals surface area contributed by atoms with Crippen molar-refractivity contribution >= 4 is 11.9 Å². The van der Waals surface area contributed by atoms with Crippen molar-refractivity contribution in [1.82, 2.24) is 0 Å². The van der Waals surface area contributed by atoms with E-state index in [1.807, 2.05) is 6.92 Å². The average Bonchev–Trinajstić information content (AvgIpc) is 2.68. The summed E-state index contributed by atoms with van der Waals surface area (Å²) in [4.78, 5) is 22.7. The van der Waals surface area contributed by atoms with Crippen LogP contribution in [0.5, 0.6) is 5.75 Å². The van der Waals surface area contributed by atoms with Crippen LogP contribution in [0.4, 0.5) is 0 Å². The van der Waals surface area contributed by atoms with Crippen molar-refractivity contribution in [1.29, 1.82) is 0 Å². The summed E-state index contributed by atoms with van der Waals surface area (Å²) in [7, 11) is 0. The number of benzene rings is 1. The van der Waals surface area contributed by atoms with Crippen molar-refractivity contribution in [2.24, 2.45) is 0 Å². The number of aliphatic carboxylic acids is 1. The van der Waals surface area contributed by atoms with Crippen LogP contribution in [0.1, 0.15) is 56.3 Å². The number of carbonyl (C=O) groups excluding carboxylic acids is 1. The monoisotopic (exact) mass is 422 g/mol. The number of carboxylic acid groups (broad SMARTS) is 1. The Balaban J connectivity index is 1.75. The number of esters is 1. The van der Waals surface area contributed by atoms with Crippen molar-refractivity contribution < 1.29 is 39.1 Å². The lowest BCUT2D eigenvalue weighted by molar-refractivity contribution is -0.273. The third-order valence-corrected chi connectivity index (χ3v) is 4.88. The normalized spacial score (nSPS) is 25.2. The van der Waals surface area contributed by atoms with E-state index in [4.69, 9.17) is 19.3 Å². The highest BCUT2D eigenvalue weighted by molar-refractivity contribution is 5.89. The van der Waals surface area contributed by atoms with Gasteiger partial charge in [0.2, 0.25) is 0 Å². The van der Waals surface area contributed by atoms with E-state index in [1.54, 1.807) is 13.0 Å². The first-order valence-corrected chi connectivity index (χ1v) is 10.1. The molecule has 3 N–H and O–H groups in total. The molecule has 0 aliphatic carbocycles. The summed E-state index contributed by atoms with van der Waals surface area (Å²) in [6.45, 7) is 3.65. The van der Waals surface area contributed by atoms with Gasteiger partial charge in [0.15, 0.2) is 6.29 Å². The maximum absolute atomic E-state index is 12.3. The van der Waals surface area contributed by atoms with Gasteiger partial charge in [-0.25, -0.2) is 9.59 Å². The van der Waals surface area contributed by atoms with E-state index in [1.165, 1.54) is 24.3 Å².